The number of amides is 1. The van der Waals surface area contributed by atoms with E-state index in [1.54, 1.807) is 37.3 Å². The molecule has 1 aromatic carbocycles. The van der Waals surface area contributed by atoms with Crippen LogP contribution in [-0.2, 0) is 19.1 Å². The van der Waals surface area contributed by atoms with E-state index in [4.69, 9.17) is 18.6 Å². The highest BCUT2D eigenvalue weighted by molar-refractivity contribution is 6.12. The first kappa shape index (κ1) is 21.7. The minimum absolute atomic E-state index is 0.0843. The normalized spacial score (nSPS) is 22.8. The number of hydrogen-bond donors (Lipinski definition) is 1. The van der Waals surface area contributed by atoms with Crippen LogP contribution in [0.1, 0.15) is 42.9 Å². The molecule has 0 spiro atoms. The summed E-state index contributed by atoms with van der Waals surface area (Å²) in [5.74, 6) is -1.70. The molecule has 0 unspecified atom stereocenters. The number of allylic oxidation sites excluding steroid dienone is 2. The second-order valence-corrected chi connectivity index (χ2v) is 7.73. The summed E-state index contributed by atoms with van der Waals surface area (Å²) in [6.45, 7) is 1.86. The zero-order valence-electron chi connectivity index (χ0n) is 18.2. The summed E-state index contributed by atoms with van der Waals surface area (Å²) in [6.07, 6.45) is 1.87. The molecule has 0 radical (unpaired) electrons. The predicted octanol–water partition coefficient (Wildman–Crippen LogP) is 3.09. The van der Waals surface area contributed by atoms with Crippen molar-refractivity contribution >= 4 is 17.7 Å². The second kappa shape index (κ2) is 8.90. The second-order valence-electron chi connectivity index (χ2n) is 7.73. The Kier molecular flexibility index (Phi) is 6.03. The molecular weight excluding hydrogens is 414 g/mol. The number of nitrogens with one attached hydrogen (secondary N) is 1. The molecule has 1 N–H and O–H groups in total. The van der Waals surface area contributed by atoms with Gasteiger partial charge in [0.2, 0.25) is 5.91 Å². The van der Waals surface area contributed by atoms with E-state index >= 15 is 0 Å². The molecule has 1 aliphatic heterocycles. The lowest BCUT2D eigenvalue weighted by atomic mass is 9.69. The van der Waals surface area contributed by atoms with Crippen LogP contribution in [0, 0.1) is 5.92 Å². The van der Waals surface area contributed by atoms with E-state index in [0.29, 0.717) is 28.5 Å². The highest BCUT2D eigenvalue weighted by Crippen LogP contribution is 2.46. The van der Waals surface area contributed by atoms with E-state index in [9.17, 15) is 14.4 Å². The molecule has 0 saturated carbocycles. The van der Waals surface area contributed by atoms with Crippen molar-refractivity contribution in [3.05, 3.63) is 59.2 Å². The summed E-state index contributed by atoms with van der Waals surface area (Å²) in [4.78, 5) is 39.2. The Morgan fingerprint density at radius 3 is 2.56 bits per heavy atom. The van der Waals surface area contributed by atoms with Gasteiger partial charge in [-0.05, 0) is 43.2 Å². The maximum absolute atomic E-state index is 13.7. The lowest BCUT2D eigenvalue weighted by Gasteiger charge is -2.37. The molecule has 1 amide bonds. The molecule has 1 aliphatic carbocycles. The van der Waals surface area contributed by atoms with E-state index in [-0.39, 0.29) is 31.1 Å². The topological polar surface area (TPSA) is 104 Å². The van der Waals surface area contributed by atoms with E-state index < -0.39 is 23.7 Å². The number of ketones is 1. The lowest BCUT2D eigenvalue weighted by Crippen LogP contribution is -2.44. The third-order valence-corrected chi connectivity index (χ3v) is 5.99. The molecule has 3 atom stereocenters. The fourth-order valence-corrected chi connectivity index (χ4v) is 4.58. The van der Waals surface area contributed by atoms with Crippen LogP contribution in [0.15, 0.2) is 52.3 Å². The average Bonchev–Trinajstić information content (AvgIpc) is 3.32. The summed E-state index contributed by atoms with van der Waals surface area (Å²) in [6, 6.07) is 8.74. The van der Waals surface area contributed by atoms with Crippen molar-refractivity contribution in [2.45, 2.75) is 31.6 Å². The Balaban J connectivity index is 1.81. The fourth-order valence-electron chi connectivity index (χ4n) is 4.58. The largest absolute Gasteiger partial charge is 0.493 e. The molecule has 0 saturated heterocycles. The average molecular weight is 439 g/mol. The molecule has 32 heavy (non-hydrogen) atoms. The number of furan rings is 1. The minimum Gasteiger partial charge on any atom is -0.493 e. The summed E-state index contributed by atoms with van der Waals surface area (Å²) >= 11 is 0. The molecule has 1 aromatic heterocycles. The van der Waals surface area contributed by atoms with Gasteiger partial charge in [0.25, 0.3) is 0 Å². The Morgan fingerprint density at radius 2 is 1.91 bits per heavy atom. The number of carbonyl (C=O) groups excluding carboxylic acids is 3. The quantitative estimate of drug-likeness (QED) is 0.545. The van der Waals surface area contributed by atoms with Crippen molar-refractivity contribution in [3.8, 4) is 11.5 Å². The molecular formula is C24H25NO7. The van der Waals surface area contributed by atoms with Crippen molar-refractivity contribution in [1.29, 1.82) is 0 Å². The number of rotatable bonds is 6. The van der Waals surface area contributed by atoms with E-state index in [1.165, 1.54) is 20.5 Å². The molecule has 8 heteroatoms. The van der Waals surface area contributed by atoms with Gasteiger partial charge in [-0.1, -0.05) is 6.07 Å². The Bertz CT molecular complexity index is 1070. The summed E-state index contributed by atoms with van der Waals surface area (Å²) < 4.78 is 21.5. The van der Waals surface area contributed by atoms with Gasteiger partial charge in [0.1, 0.15) is 11.7 Å². The van der Waals surface area contributed by atoms with Crippen LogP contribution in [0.5, 0.6) is 11.5 Å². The van der Waals surface area contributed by atoms with Crippen LogP contribution in [0.3, 0.4) is 0 Å². The summed E-state index contributed by atoms with van der Waals surface area (Å²) in [5.41, 5.74) is 1.68. The standard InChI is InChI=1S/C24H25NO7/c1-4-31-24(28)22-15(17-6-5-9-32-17)11-16-21(23(22)27)14(12-20(26)25-16)13-7-8-18(29-2)19(10-13)30-3/h5-10,14-15,22H,4,11-12H2,1-3H3,(H,25,26)/t14-,15+,22+/m1/s1. The van der Waals surface area contributed by atoms with Crippen molar-refractivity contribution in [3.63, 3.8) is 0 Å². The number of carbonyl (C=O) groups is 3. The van der Waals surface area contributed by atoms with Crippen LogP contribution in [-0.4, -0.2) is 38.5 Å². The van der Waals surface area contributed by atoms with Gasteiger partial charge in [0.15, 0.2) is 17.3 Å². The maximum atomic E-state index is 13.7. The molecule has 168 valence electrons. The molecule has 2 aliphatic rings. The van der Waals surface area contributed by atoms with Gasteiger partial charge in [-0.3, -0.25) is 14.4 Å². The Morgan fingerprint density at radius 1 is 1.12 bits per heavy atom. The van der Waals surface area contributed by atoms with Gasteiger partial charge in [-0.2, -0.15) is 0 Å². The smallest absolute Gasteiger partial charge is 0.317 e. The number of ether oxygens (including phenoxy) is 3. The highest BCUT2D eigenvalue weighted by Gasteiger charge is 2.48. The molecule has 8 nitrogen and oxygen atoms in total. The number of methoxy groups -OCH3 is 2. The Labute approximate surface area is 185 Å². The molecule has 4 rings (SSSR count). The SMILES string of the molecule is CCOC(=O)[C@@H]1C(=O)C2=C(C[C@H]1c1ccco1)NC(=O)C[C@@H]2c1ccc(OC)c(OC)c1. The molecule has 2 heterocycles. The van der Waals surface area contributed by atoms with E-state index in [1.807, 2.05) is 0 Å². The first-order valence-electron chi connectivity index (χ1n) is 10.5. The monoisotopic (exact) mass is 439 g/mol. The van der Waals surface area contributed by atoms with Gasteiger partial charge in [0.05, 0.1) is 27.1 Å². The van der Waals surface area contributed by atoms with Gasteiger partial charge in [-0.25, -0.2) is 0 Å². The zero-order valence-corrected chi connectivity index (χ0v) is 18.2. The third kappa shape index (κ3) is 3.77. The zero-order chi connectivity index (χ0) is 22.8. The number of Topliss-reactive ketones (excluding diaryl/α,β-unsaturated/α-hetero) is 1. The first-order valence-corrected chi connectivity index (χ1v) is 10.5. The number of hydrogen-bond acceptors (Lipinski definition) is 7. The van der Waals surface area contributed by atoms with Gasteiger partial charge in [-0.15, -0.1) is 0 Å². The van der Waals surface area contributed by atoms with Crippen LogP contribution < -0.4 is 14.8 Å². The van der Waals surface area contributed by atoms with Crippen LogP contribution in [0.2, 0.25) is 0 Å². The van der Waals surface area contributed by atoms with E-state index in [2.05, 4.69) is 5.32 Å². The first-order chi connectivity index (χ1) is 15.5. The predicted molar refractivity (Wildman–Crippen MR) is 113 cm³/mol. The van der Waals surface area contributed by atoms with Crippen molar-refractivity contribution in [2.24, 2.45) is 5.92 Å². The van der Waals surface area contributed by atoms with Crippen LogP contribution in [0.25, 0.3) is 0 Å². The van der Waals surface area contributed by atoms with Crippen LogP contribution in [0.4, 0.5) is 0 Å². The van der Waals surface area contributed by atoms with Gasteiger partial charge in [0, 0.05) is 29.5 Å². The molecule has 0 bridgehead atoms. The van der Waals surface area contributed by atoms with E-state index in [0.717, 1.165) is 5.56 Å². The number of benzene rings is 1. The lowest BCUT2D eigenvalue weighted by molar-refractivity contribution is -0.152. The van der Waals surface area contributed by atoms with Gasteiger partial charge < -0.3 is 23.9 Å². The minimum atomic E-state index is -1.04. The highest BCUT2D eigenvalue weighted by atomic mass is 16.5. The molecule has 2 aromatic rings. The van der Waals surface area contributed by atoms with Gasteiger partial charge >= 0.3 is 5.97 Å². The fraction of sp³-hybridized carbons (Fsp3) is 0.375. The van der Waals surface area contributed by atoms with Crippen molar-refractivity contribution < 1.29 is 33.0 Å². The Hall–Kier alpha value is -3.55. The summed E-state index contributed by atoms with van der Waals surface area (Å²) in [7, 11) is 3.06. The van der Waals surface area contributed by atoms with Crippen molar-refractivity contribution in [2.75, 3.05) is 20.8 Å². The maximum Gasteiger partial charge on any atom is 0.317 e. The van der Waals surface area contributed by atoms with Crippen LogP contribution >= 0.6 is 0 Å². The van der Waals surface area contributed by atoms with Crippen molar-refractivity contribution in [1.82, 2.24) is 5.32 Å². The molecule has 0 fully saturated rings. The number of esters is 1. The summed E-state index contributed by atoms with van der Waals surface area (Å²) in [5, 5.41) is 2.85. The third-order valence-electron chi connectivity index (χ3n) is 5.99.